The van der Waals surface area contributed by atoms with E-state index in [4.69, 9.17) is 24.2 Å². The zero-order valence-corrected chi connectivity index (χ0v) is 23.9. The zero-order valence-electron chi connectivity index (χ0n) is 23.9. The van der Waals surface area contributed by atoms with Gasteiger partial charge in [-0.25, -0.2) is 9.59 Å². The van der Waals surface area contributed by atoms with E-state index < -0.39 is 11.9 Å². The maximum atomic E-state index is 12.9. The first-order valence-electron chi connectivity index (χ1n) is 14.1. The third kappa shape index (κ3) is 7.00. The molecule has 0 heterocycles. The van der Waals surface area contributed by atoms with Crippen LogP contribution >= 0.6 is 0 Å². The van der Waals surface area contributed by atoms with Crippen molar-refractivity contribution >= 4 is 11.9 Å². The lowest BCUT2D eigenvalue weighted by Gasteiger charge is -2.10. The summed E-state index contributed by atoms with van der Waals surface area (Å²) in [7, 11) is 0. The van der Waals surface area contributed by atoms with Gasteiger partial charge in [-0.2, -0.15) is 5.26 Å². The molecule has 0 saturated carbocycles. The highest BCUT2D eigenvalue weighted by Crippen LogP contribution is 2.47. The molecule has 5 rings (SSSR count). The SMILES string of the molecule is C=CCOCCCCOc1ccc(C(=O)Oc2ccc3c(c2)C(C)c2cc(OC(=O)c4ccc(C#N)cc4)ccc2-3)cc1. The van der Waals surface area contributed by atoms with E-state index in [9.17, 15) is 9.59 Å². The van der Waals surface area contributed by atoms with E-state index in [1.165, 1.54) is 0 Å². The van der Waals surface area contributed by atoms with Gasteiger partial charge in [-0.1, -0.05) is 25.1 Å². The Labute approximate surface area is 250 Å². The molecule has 0 bridgehead atoms. The van der Waals surface area contributed by atoms with E-state index in [0.29, 0.717) is 53.8 Å². The van der Waals surface area contributed by atoms with Crippen LogP contribution in [0.25, 0.3) is 11.1 Å². The third-order valence-corrected chi connectivity index (χ3v) is 7.22. The van der Waals surface area contributed by atoms with Gasteiger partial charge in [-0.3, -0.25) is 0 Å². The minimum Gasteiger partial charge on any atom is -0.494 e. The molecule has 4 aromatic rings. The van der Waals surface area contributed by atoms with E-state index in [1.807, 2.05) is 30.3 Å². The smallest absolute Gasteiger partial charge is 0.343 e. The van der Waals surface area contributed by atoms with Gasteiger partial charge in [0.25, 0.3) is 0 Å². The van der Waals surface area contributed by atoms with E-state index in [1.54, 1.807) is 66.7 Å². The van der Waals surface area contributed by atoms with Crippen molar-refractivity contribution in [1.82, 2.24) is 0 Å². The van der Waals surface area contributed by atoms with Crippen molar-refractivity contribution in [3.8, 4) is 34.4 Å². The van der Waals surface area contributed by atoms with Crippen molar-refractivity contribution in [3.63, 3.8) is 0 Å². The van der Waals surface area contributed by atoms with Gasteiger partial charge in [0, 0.05) is 12.5 Å². The number of rotatable bonds is 12. The van der Waals surface area contributed by atoms with E-state index >= 15 is 0 Å². The average molecular weight is 574 g/mol. The summed E-state index contributed by atoms with van der Waals surface area (Å²) in [6.07, 6.45) is 3.50. The number of hydrogen-bond donors (Lipinski definition) is 0. The average Bonchev–Trinajstić information content (AvgIpc) is 3.31. The van der Waals surface area contributed by atoms with Gasteiger partial charge >= 0.3 is 11.9 Å². The van der Waals surface area contributed by atoms with Gasteiger partial charge in [-0.05, 0) is 108 Å². The van der Waals surface area contributed by atoms with Crippen LogP contribution in [0.5, 0.6) is 17.2 Å². The molecule has 1 unspecified atom stereocenters. The van der Waals surface area contributed by atoms with Crippen molar-refractivity contribution in [3.05, 3.63) is 125 Å². The summed E-state index contributed by atoms with van der Waals surface area (Å²) < 4.78 is 22.4. The summed E-state index contributed by atoms with van der Waals surface area (Å²) in [6, 6.07) is 26.4. The van der Waals surface area contributed by atoms with Gasteiger partial charge < -0.3 is 18.9 Å². The molecule has 1 atom stereocenters. The minimum absolute atomic E-state index is 0.00203. The highest BCUT2D eigenvalue weighted by Gasteiger charge is 2.27. The molecule has 0 N–H and O–H groups in total. The predicted octanol–water partition coefficient (Wildman–Crippen LogP) is 7.49. The van der Waals surface area contributed by atoms with Gasteiger partial charge in [0.15, 0.2) is 0 Å². The molecule has 0 saturated heterocycles. The second-order valence-corrected chi connectivity index (χ2v) is 10.1. The highest BCUT2D eigenvalue weighted by molar-refractivity contribution is 5.92. The van der Waals surface area contributed by atoms with Crippen LogP contribution in [0.3, 0.4) is 0 Å². The summed E-state index contributed by atoms with van der Waals surface area (Å²) in [5.74, 6) is 0.633. The van der Waals surface area contributed by atoms with E-state index in [0.717, 1.165) is 35.1 Å². The van der Waals surface area contributed by atoms with Gasteiger partial charge in [-0.15, -0.1) is 6.58 Å². The van der Waals surface area contributed by atoms with Crippen molar-refractivity contribution in [2.75, 3.05) is 19.8 Å². The van der Waals surface area contributed by atoms with Crippen LogP contribution in [0.1, 0.15) is 63.1 Å². The lowest BCUT2D eigenvalue weighted by Crippen LogP contribution is -2.09. The first-order chi connectivity index (χ1) is 21.0. The number of carbonyl (C=O) groups is 2. The second kappa shape index (κ2) is 13.6. The molecule has 0 radical (unpaired) electrons. The number of hydrogen-bond acceptors (Lipinski definition) is 7. The first-order valence-corrected chi connectivity index (χ1v) is 14.1. The van der Waals surface area contributed by atoms with Crippen molar-refractivity contribution in [2.24, 2.45) is 0 Å². The Morgan fingerprint density at radius 1 is 0.767 bits per heavy atom. The maximum absolute atomic E-state index is 12.9. The fraction of sp³-hybridized carbons (Fsp3) is 0.194. The van der Waals surface area contributed by atoms with Crippen LogP contribution in [-0.2, 0) is 4.74 Å². The summed E-state index contributed by atoms with van der Waals surface area (Å²) >= 11 is 0. The highest BCUT2D eigenvalue weighted by atomic mass is 16.5. The number of ether oxygens (including phenoxy) is 4. The molecule has 0 spiro atoms. The van der Waals surface area contributed by atoms with Crippen molar-refractivity contribution in [2.45, 2.75) is 25.7 Å². The quantitative estimate of drug-likeness (QED) is 0.0750. The first kappa shape index (κ1) is 29.3. The molecule has 216 valence electrons. The molecule has 4 aromatic carbocycles. The molecular weight excluding hydrogens is 542 g/mol. The van der Waals surface area contributed by atoms with Gasteiger partial charge in [0.05, 0.1) is 36.0 Å². The standard InChI is InChI=1S/C36H31NO6/c1-3-18-40-19-4-5-20-41-28-12-10-27(11-13-28)36(39)43-30-15-17-32-31-16-14-29(21-33(31)24(2)34(32)22-30)42-35(38)26-8-6-25(23-37)7-9-26/h3,6-17,21-22,24H,1,4-5,18-20H2,2H3. The fourth-order valence-electron chi connectivity index (χ4n) is 4.95. The largest absolute Gasteiger partial charge is 0.494 e. The van der Waals surface area contributed by atoms with E-state index in [-0.39, 0.29) is 5.92 Å². The van der Waals surface area contributed by atoms with Crippen LogP contribution in [0.15, 0.2) is 97.6 Å². The summed E-state index contributed by atoms with van der Waals surface area (Å²) in [5.41, 5.74) is 5.39. The predicted molar refractivity (Wildman–Crippen MR) is 163 cm³/mol. The number of carbonyl (C=O) groups excluding carboxylic acids is 2. The Morgan fingerprint density at radius 3 is 1.81 bits per heavy atom. The fourth-order valence-corrected chi connectivity index (χ4v) is 4.95. The van der Waals surface area contributed by atoms with Crippen LogP contribution in [0.2, 0.25) is 0 Å². The normalized spacial score (nSPS) is 12.9. The number of esters is 2. The number of benzene rings is 4. The lowest BCUT2D eigenvalue weighted by molar-refractivity contribution is 0.0725. The van der Waals surface area contributed by atoms with Crippen LogP contribution in [-0.4, -0.2) is 31.8 Å². The summed E-state index contributed by atoms with van der Waals surface area (Å²) in [6.45, 7) is 7.48. The molecule has 7 nitrogen and oxygen atoms in total. The molecule has 7 heteroatoms. The van der Waals surface area contributed by atoms with Crippen LogP contribution in [0, 0.1) is 11.3 Å². The number of fused-ring (bicyclic) bond motifs is 3. The molecule has 0 aromatic heterocycles. The molecule has 43 heavy (non-hydrogen) atoms. The van der Waals surface area contributed by atoms with Gasteiger partial charge in [0.1, 0.15) is 17.2 Å². The summed E-state index contributed by atoms with van der Waals surface area (Å²) in [4.78, 5) is 25.5. The van der Waals surface area contributed by atoms with Crippen LogP contribution in [0.4, 0.5) is 0 Å². The molecule has 0 aliphatic heterocycles. The summed E-state index contributed by atoms with van der Waals surface area (Å²) in [5, 5.41) is 8.97. The Kier molecular flexibility index (Phi) is 9.30. The molecule has 1 aliphatic carbocycles. The topological polar surface area (TPSA) is 94.8 Å². The van der Waals surface area contributed by atoms with E-state index in [2.05, 4.69) is 13.5 Å². The number of nitrogens with zero attached hydrogens (tertiary/aromatic N) is 1. The lowest BCUT2D eigenvalue weighted by atomic mass is 9.99. The zero-order chi connectivity index (χ0) is 30.2. The molecule has 0 fully saturated rings. The van der Waals surface area contributed by atoms with Crippen molar-refractivity contribution < 1.29 is 28.5 Å². The Morgan fingerprint density at radius 2 is 1.28 bits per heavy atom. The second-order valence-electron chi connectivity index (χ2n) is 10.1. The monoisotopic (exact) mass is 573 g/mol. The van der Waals surface area contributed by atoms with Gasteiger partial charge in [0.2, 0.25) is 0 Å². The molecular formula is C36H31NO6. The molecule has 1 aliphatic rings. The van der Waals surface area contributed by atoms with Crippen LogP contribution < -0.4 is 14.2 Å². The minimum atomic E-state index is -0.494. The Hall–Kier alpha value is -5.19. The third-order valence-electron chi connectivity index (χ3n) is 7.22. The Bertz CT molecular complexity index is 1670. The maximum Gasteiger partial charge on any atom is 0.343 e. The number of nitriles is 1. The number of unbranched alkanes of at least 4 members (excludes halogenated alkanes) is 1. The molecule has 0 amide bonds. The van der Waals surface area contributed by atoms with Crippen molar-refractivity contribution in [1.29, 1.82) is 5.26 Å². The Balaban J connectivity index is 1.18.